The third kappa shape index (κ3) is 5.10. The lowest BCUT2D eigenvalue weighted by Crippen LogP contribution is -2.11. The average Bonchev–Trinajstić information content (AvgIpc) is 3.29. The first-order valence-corrected chi connectivity index (χ1v) is 9.82. The number of hydrogen-bond acceptors (Lipinski definition) is 4. The Balaban J connectivity index is 1.41. The largest absolute Gasteiger partial charge is 0.489 e. The second kappa shape index (κ2) is 9.16. The van der Waals surface area contributed by atoms with Gasteiger partial charge in [-0.1, -0.05) is 29.8 Å². The van der Waals surface area contributed by atoms with E-state index in [-0.39, 0.29) is 5.91 Å². The lowest BCUT2D eigenvalue weighted by Gasteiger charge is -2.09. The average molecular weight is 429 g/mol. The number of carbonyl (C=O) groups excluding carboxylic acids is 1. The molecule has 0 spiro atoms. The molecule has 0 bridgehead atoms. The number of carbonyl (C=O) groups is 1. The van der Waals surface area contributed by atoms with Crippen molar-refractivity contribution in [1.82, 2.24) is 9.78 Å². The Morgan fingerprint density at radius 1 is 1.10 bits per heavy atom. The summed E-state index contributed by atoms with van der Waals surface area (Å²) >= 11 is 5.91. The number of benzene rings is 3. The Morgan fingerprint density at radius 3 is 2.71 bits per heavy atom. The van der Waals surface area contributed by atoms with Gasteiger partial charge in [0.05, 0.1) is 29.1 Å². The van der Waals surface area contributed by atoms with Crippen molar-refractivity contribution in [2.45, 2.75) is 6.61 Å². The normalized spacial score (nSPS) is 10.3. The highest BCUT2D eigenvalue weighted by molar-refractivity contribution is 6.30. The molecule has 0 aliphatic heterocycles. The van der Waals surface area contributed by atoms with E-state index in [4.69, 9.17) is 21.6 Å². The van der Waals surface area contributed by atoms with Crippen molar-refractivity contribution in [2.75, 3.05) is 5.32 Å². The molecule has 1 aromatic heterocycles. The molecule has 0 radical (unpaired) electrons. The van der Waals surface area contributed by atoms with Gasteiger partial charge in [-0.2, -0.15) is 10.4 Å². The molecule has 31 heavy (non-hydrogen) atoms. The van der Waals surface area contributed by atoms with Gasteiger partial charge in [0.25, 0.3) is 5.91 Å². The summed E-state index contributed by atoms with van der Waals surface area (Å²) in [6.07, 6.45) is 3.16. The van der Waals surface area contributed by atoms with Crippen LogP contribution in [-0.2, 0) is 6.61 Å². The summed E-state index contributed by atoms with van der Waals surface area (Å²) in [5.74, 6) is 0.330. The Kier molecular flexibility index (Phi) is 5.97. The van der Waals surface area contributed by atoms with Gasteiger partial charge in [-0.25, -0.2) is 4.68 Å². The molecule has 6 nitrogen and oxygen atoms in total. The molecule has 4 rings (SSSR count). The number of halogens is 1. The van der Waals surface area contributed by atoms with Crippen LogP contribution in [0.4, 0.5) is 5.69 Å². The van der Waals surface area contributed by atoms with E-state index in [0.717, 1.165) is 11.3 Å². The molecule has 0 saturated carbocycles. The van der Waals surface area contributed by atoms with Gasteiger partial charge in [-0.15, -0.1) is 0 Å². The zero-order valence-electron chi connectivity index (χ0n) is 16.3. The van der Waals surface area contributed by atoms with Crippen LogP contribution in [0.25, 0.3) is 5.69 Å². The standard InChI is InChI=1S/C24H17ClN4O2/c25-20-7-9-22(10-8-20)29-15-19(14-27-29)24(30)28-21-5-2-6-23(12-21)31-16-18-4-1-3-17(11-18)13-26/h1-12,14-15H,16H2,(H,28,30). The maximum atomic E-state index is 12.6. The molecule has 0 atom stereocenters. The second-order valence-electron chi connectivity index (χ2n) is 6.73. The Bertz CT molecular complexity index is 1260. The van der Waals surface area contributed by atoms with E-state index in [0.29, 0.717) is 34.2 Å². The quantitative estimate of drug-likeness (QED) is 0.456. The zero-order chi connectivity index (χ0) is 21.6. The van der Waals surface area contributed by atoms with Crippen LogP contribution >= 0.6 is 11.6 Å². The van der Waals surface area contributed by atoms with Gasteiger partial charge in [0.15, 0.2) is 0 Å². The number of amides is 1. The Hall–Kier alpha value is -4.08. The van der Waals surface area contributed by atoms with Crippen molar-refractivity contribution in [3.05, 3.63) is 107 Å². The number of rotatable bonds is 6. The van der Waals surface area contributed by atoms with Crippen molar-refractivity contribution >= 4 is 23.2 Å². The van der Waals surface area contributed by atoms with Crippen LogP contribution in [0.1, 0.15) is 21.5 Å². The molecule has 0 fully saturated rings. The van der Waals surface area contributed by atoms with Crippen LogP contribution in [0.2, 0.25) is 5.02 Å². The predicted octanol–water partition coefficient (Wildman–Crippen LogP) is 5.23. The molecular formula is C24H17ClN4O2. The summed E-state index contributed by atoms with van der Waals surface area (Å²) in [5, 5.41) is 16.7. The van der Waals surface area contributed by atoms with Gasteiger partial charge in [0.2, 0.25) is 0 Å². The molecular weight excluding hydrogens is 412 g/mol. The van der Waals surface area contributed by atoms with E-state index >= 15 is 0 Å². The van der Waals surface area contributed by atoms with Crippen LogP contribution in [0, 0.1) is 11.3 Å². The number of nitrogens with zero attached hydrogens (tertiary/aromatic N) is 3. The van der Waals surface area contributed by atoms with E-state index in [2.05, 4.69) is 16.5 Å². The summed E-state index contributed by atoms with van der Waals surface area (Å²) in [4.78, 5) is 12.6. The van der Waals surface area contributed by atoms with Crippen molar-refractivity contribution in [3.8, 4) is 17.5 Å². The van der Waals surface area contributed by atoms with E-state index in [1.807, 2.05) is 30.3 Å². The van der Waals surface area contributed by atoms with Crippen LogP contribution in [0.15, 0.2) is 85.2 Å². The highest BCUT2D eigenvalue weighted by atomic mass is 35.5. The SMILES string of the molecule is N#Cc1cccc(COc2cccc(NC(=O)c3cnn(-c4ccc(Cl)cc4)c3)c2)c1. The molecule has 1 amide bonds. The molecule has 0 aliphatic rings. The molecule has 1 N–H and O–H groups in total. The van der Waals surface area contributed by atoms with E-state index in [1.54, 1.807) is 53.3 Å². The van der Waals surface area contributed by atoms with Crippen LogP contribution in [0.5, 0.6) is 5.75 Å². The fourth-order valence-corrected chi connectivity index (χ4v) is 3.07. The molecule has 3 aromatic carbocycles. The summed E-state index contributed by atoms with van der Waals surface area (Å²) in [5.41, 5.74) is 3.31. The van der Waals surface area contributed by atoms with Crippen LogP contribution < -0.4 is 10.1 Å². The summed E-state index contributed by atoms with van der Waals surface area (Å²) in [7, 11) is 0. The third-order valence-corrected chi connectivity index (χ3v) is 4.74. The van der Waals surface area contributed by atoms with Crippen molar-refractivity contribution in [3.63, 3.8) is 0 Å². The van der Waals surface area contributed by atoms with Gasteiger partial charge >= 0.3 is 0 Å². The molecule has 0 unspecified atom stereocenters. The number of ether oxygens (including phenoxy) is 1. The van der Waals surface area contributed by atoms with E-state index in [1.165, 1.54) is 6.20 Å². The van der Waals surface area contributed by atoms with Gasteiger partial charge in [-0.3, -0.25) is 4.79 Å². The molecule has 152 valence electrons. The summed E-state index contributed by atoms with van der Waals surface area (Å²) in [6.45, 7) is 0.320. The van der Waals surface area contributed by atoms with Gasteiger partial charge < -0.3 is 10.1 Å². The minimum atomic E-state index is -0.279. The maximum absolute atomic E-state index is 12.6. The van der Waals surface area contributed by atoms with Gasteiger partial charge in [0.1, 0.15) is 12.4 Å². The number of nitriles is 1. The van der Waals surface area contributed by atoms with Crippen LogP contribution in [0.3, 0.4) is 0 Å². The molecule has 4 aromatic rings. The number of anilines is 1. The molecule has 0 saturated heterocycles. The molecule has 7 heteroatoms. The third-order valence-electron chi connectivity index (χ3n) is 4.49. The Labute approximate surface area is 184 Å². The number of nitrogens with one attached hydrogen (secondary N) is 1. The van der Waals surface area contributed by atoms with E-state index in [9.17, 15) is 4.79 Å². The lowest BCUT2D eigenvalue weighted by molar-refractivity contribution is 0.102. The minimum absolute atomic E-state index is 0.279. The minimum Gasteiger partial charge on any atom is -0.489 e. The first kappa shape index (κ1) is 20.2. The predicted molar refractivity (Wildman–Crippen MR) is 118 cm³/mol. The molecule has 1 heterocycles. The van der Waals surface area contributed by atoms with Crippen molar-refractivity contribution in [2.24, 2.45) is 0 Å². The number of aromatic nitrogens is 2. The number of hydrogen-bond donors (Lipinski definition) is 1. The molecule has 0 aliphatic carbocycles. The van der Waals surface area contributed by atoms with Crippen molar-refractivity contribution in [1.29, 1.82) is 5.26 Å². The fraction of sp³-hybridized carbons (Fsp3) is 0.0417. The monoisotopic (exact) mass is 428 g/mol. The van der Waals surface area contributed by atoms with Gasteiger partial charge in [-0.05, 0) is 54.1 Å². The smallest absolute Gasteiger partial charge is 0.258 e. The highest BCUT2D eigenvalue weighted by Gasteiger charge is 2.10. The topological polar surface area (TPSA) is 79.9 Å². The summed E-state index contributed by atoms with van der Waals surface area (Å²) in [6, 6.07) is 23.7. The zero-order valence-corrected chi connectivity index (χ0v) is 17.1. The highest BCUT2D eigenvalue weighted by Crippen LogP contribution is 2.20. The van der Waals surface area contributed by atoms with E-state index < -0.39 is 0 Å². The maximum Gasteiger partial charge on any atom is 0.258 e. The fourth-order valence-electron chi connectivity index (χ4n) is 2.94. The van der Waals surface area contributed by atoms with Crippen LogP contribution in [-0.4, -0.2) is 15.7 Å². The second-order valence-corrected chi connectivity index (χ2v) is 7.17. The Morgan fingerprint density at radius 2 is 1.90 bits per heavy atom. The first-order valence-electron chi connectivity index (χ1n) is 9.44. The summed E-state index contributed by atoms with van der Waals surface area (Å²) < 4.78 is 7.41. The lowest BCUT2D eigenvalue weighted by atomic mass is 10.1. The van der Waals surface area contributed by atoms with Gasteiger partial charge in [0, 0.05) is 23.0 Å². The van der Waals surface area contributed by atoms with Crippen molar-refractivity contribution < 1.29 is 9.53 Å². The first-order chi connectivity index (χ1) is 15.1.